The molecule has 1 amide bonds. The molecule has 1 aromatic carbocycles. The highest BCUT2D eigenvalue weighted by Gasteiger charge is 2.16. The lowest BCUT2D eigenvalue weighted by Gasteiger charge is -2.21. The van der Waals surface area contributed by atoms with Crippen LogP contribution in [0, 0.1) is 5.82 Å². The molecule has 0 aromatic heterocycles. The van der Waals surface area contributed by atoms with Gasteiger partial charge in [-0.2, -0.15) is 0 Å². The van der Waals surface area contributed by atoms with Gasteiger partial charge in [0.05, 0.1) is 6.10 Å². The highest BCUT2D eigenvalue weighted by molar-refractivity contribution is 5.78. The summed E-state index contributed by atoms with van der Waals surface area (Å²) in [6.45, 7) is 6.90. The first-order valence-electron chi connectivity index (χ1n) is 6.10. The van der Waals surface area contributed by atoms with E-state index in [4.69, 9.17) is 4.74 Å². The topological polar surface area (TPSA) is 58.6 Å². The summed E-state index contributed by atoms with van der Waals surface area (Å²) in [5, 5.41) is 12.3. The molecular formula is C14H20FNO3. The average molecular weight is 269 g/mol. The Morgan fingerprint density at radius 2 is 2.11 bits per heavy atom. The van der Waals surface area contributed by atoms with Crippen LogP contribution in [-0.2, 0) is 4.79 Å². The monoisotopic (exact) mass is 269 g/mol. The van der Waals surface area contributed by atoms with E-state index < -0.39 is 11.9 Å². The number of halogens is 1. The van der Waals surface area contributed by atoms with E-state index in [1.165, 1.54) is 12.1 Å². The molecule has 2 N–H and O–H groups in total. The van der Waals surface area contributed by atoms with Crippen molar-refractivity contribution in [1.29, 1.82) is 0 Å². The molecule has 0 unspecified atom stereocenters. The second-order valence-corrected chi connectivity index (χ2v) is 5.44. The zero-order chi connectivity index (χ0) is 14.6. The van der Waals surface area contributed by atoms with Crippen molar-refractivity contribution < 1.29 is 19.0 Å². The molecule has 1 rings (SSSR count). The Labute approximate surface area is 112 Å². The SMILES string of the molecule is C[C@@H](O)c1ccc(F)cc1OCC(=O)NC(C)(C)C. The van der Waals surface area contributed by atoms with Crippen LogP contribution in [0.15, 0.2) is 18.2 Å². The number of benzene rings is 1. The number of hydrogen-bond acceptors (Lipinski definition) is 3. The fourth-order valence-corrected chi connectivity index (χ4v) is 1.58. The summed E-state index contributed by atoms with van der Waals surface area (Å²) in [5.74, 6) is -0.594. The third-order valence-electron chi connectivity index (χ3n) is 2.30. The van der Waals surface area contributed by atoms with Crippen LogP contribution >= 0.6 is 0 Å². The minimum absolute atomic E-state index is 0.180. The van der Waals surface area contributed by atoms with Crippen LogP contribution in [0.25, 0.3) is 0 Å². The third-order valence-corrected chi connectivity index (χ3v) is 2.30. The number of aliphatic hydroxyl groups excluding tert-OH is 1. The van der Waals surface area contributed by atoms with E-state index >= 15 is 0 Å². The van der Waals surface area contributed by atoms with Crippen LogP contribution < -0.4 is 10.1 Å². The molecule has 1 aromatic rings. The lowest BCUT2D eigenvalue weighted by molar-refractivity contribution is -0.124. The molecule has 1 atom stereocenters. The quantitative estimate of drug-likeness (QED) is 0.880. The van der Waals surface area contributed by atoms with Crippen LogP contribution in [0.4, 0.5) is 4.39 Å². The largest absolute Gasteiger partial charge is 0.483 e. The van der Waals surface area contributed by atoms with Crippen LogP contribution in [-0.4, -0.2) is 23.2 Å². The Bertz CT molecular complexity index is 452. The number of aliphatic hydroxyl groups is 1. The van der Waals surface area contributed by atoms with Gasteiger partial charge in [0.25, 0.3) is 5.91 Å². The van der Waals surface area contributed by atoms with Crippen molar-refractivity contribution >= 4 is 5.91 Å². The molecule has 0 saturated heterocycles. The maximum atomic E-state index is 13.1. The fourth-order valence-electron chi connectivity index (χ4n) is 1.58. The van der Waals surface area contributed by atoms with Crippen molar-refractivity contribution in [3.8, 4) is 5.75 Å². The van der Waals surface area contributed by atoms with E-state index in [2.05, 4.69) is 5.32 Å². The Hall–Kier alpha value is -1.62. The predicted molar refractivity (Wildman–Crippen MR) is 70.4 cm³/mol. The number of rotatable bonds is 4. The second-order valence-electron chi connectivity index (χ2n) is 5.44. The van der Waals surface area contributed by atoms with E-state index in [1.807, 2.05) is 20.8 Å². The molecule has 0 heterocycles. The summed E-state index contributed by atoms with van der Waals surface area (Å²) in [4.78, 5) is 11.6. The van der Waals surface area contributed by atoms with Crippen LogP contribution in [0.5, 0.6) is 5.75 Å². The molecule has 5 heteroatoms. The molecule has 0 aliphatic heterocycles. The second kappa shape index (κ2) is 6.02. The van der Waals surface area contributed by atoms with Gasteiger partial charge in [0, 0.05) is 17.2 Å². The van der Waals surface area contributed by atoms with E-state index in [1.54, 1.807) is 6.92 Å². The van der Waals surface area contributed by atoms with E-state index in [0.29, 0.717) is 5.56 Å². The normalized spacial score (nSPS) is 12.9. The van der Waals surface area contributed by atoms with Gasteiger partial charge in [-0.05, 0) is 39.8 Å². The zero-order valence-electron chi connectivity index (χ0n) is 11.7. The number of carbonyl (C=O) groups excluding carboxylic acids is 1. The number of carbonyl (C=O) groups is 1. The summed E-state index contributed by atoms with van der Waals surface area (Å²) < 4.78 is 18.4. The summed E-state index contributed by atoms with van der Waals surface area (Å²) in [7, 11) is 0. The maximum absolute atomic E-state index is 13.1. The molecule has 0 bridgehead atoms. The van der Waals surface area contributed by atoms with Gasteiger partial charge in [-0.25, -0.2) is 4.39 Å². The molecule has 0 saturated carbocycles. The van der Waals surface area contributed by atoms with Crippen LogP contribution in [0.2, 0.25) is 0 Å². The smallest absolute Gasteiger partial charge is 0.258 e. The highest BCUT2D eigenvalue weighted by Crippen LogP contribution is 2.25. The van der Waals surface area contributed by atoms with Crippen molar-refractivity contribution in [3.63, 3.8) is 0 Å². The number of hydrogen-bond donors (Lipinski definition) is 2. The average Bonchev–Trinajstić information content (AvgIpc) is 2.23. The van der Waals surface area contributed by atoms with Gasteiger partial charge in [0.1, 0.15) is 11.6 Å². The minimum atomic E-state index is -0.790. The summed E-state index contributed by atoms with van der Waals surface area (Å²) in [6.07, 6.45) is -0.790. The fraction of sp³-hybridized carbons (Fsp3) is 0.500. The molecule has 4 nitrogen and oxygen atoms in total. The van der Waals surface area contributed by atoms with Crippen molar-refractivity contribution in [2.45, 2.75) is 39.3 Å². The Morgan fingerprint density at radius 3 is 2.63 bits per heavy atom. The third kappa shape index (κ3) is 5.26. The summed E-state index contributed by atoms with van der Waals surface area (Å²) in [5.41, 5.74) is 0.0973. The molecule has 0 radical (unpaired) electrons. The number of amides is 1. The van der Waals surface area contributed by atoms with E-state index in [0.717, 1.165) is 6.07 Å². The molecule has 0 aliphatic carbocycles. The van der Waals surface area contributed by atoms with Crippen LogP contribution in [0.3, 0.4) is 0 Å². The molecule has 0 fully saturated rings. The van der Waals surface area contributed by atoms with Crippen molar-refractivity contribution in [3.05, 3.63) is 29.6 Å². The van der Waals surface area contributed by atoms with Crippen LogP contribution in [0.1, 0.15) is 39.4 Å². The van der Waals surface area contributed by atoms with Gasteiger partial charge < -0.3 is 15.2 Å². The van der Waals surface area contributed by atoms with Gasteiger partial charge in [-0.1, -0.05) is 0 Å². The van der Waals surface area contributed by atoms with Crippen molar-refractivity contribution in [2.24, 2.45) is 0 Å². The van der Waals surface area contributed by atoms with Crippen molar-refractivity contribution in [1.82, 2.24) is 5.32 Å². The van der Waals surface area contributed by atoms with Gasteiger partial charge in [0.2, 0.25) is 0 Å². The molecular weight excluding hydrogens is 249 g/mol. The lowest BCUT2D eigenvalue weighted by Crippen LogP contribution is -2.43. The summed E-state index contributed by atoms with van der Waals surface area (Å²) in [6, 6.07) is 3.84. The first-order valence-corrected chi connectivity index (χ1v) is 6.10. The zero-order valence-corrected chi connectivity index (χ0v) is 11.7. The van der Waals surface area contributed by atoms with Gasteiger partial charge >= 0.3 is 0 Å². The highest BCUT2D eigenvalue weighted by atomic mass is 19.1. The summed E-state index contributed by atoms with van der Waals surface area (Å²) >= 11 is 0. The number of nitrogens with one attached hydrogen (secondary N) is 1. The Balaban J connectivity index is 2.72. The number of ether oxygens (including phenoxy) is 1. The van der Waals surface area contributed by atoms with E-state index in [-0.39, 0.29) is 23.8 Å². The maximum Gasteiger partial charge on any atom is 0.258 e. The molecule has 19 heavy (non-hydrogen) atoms. The Kier molecular flexibility index (Phi) is 4.89. The van der Waals surface area contributed by atoms with Gasteiger partial charge in [-0.3, -0.25) is 4.79 Å². The van der Waals surface area contributed by atoms with Gasteiger partial charge in [0.15, 0.2) is 6.61 Å². The standard InChI is InChI=1S/C14H20FNO3/c1-9(17)11-6-5-10(15)7-12(11)19-8-13(18)16-14(2,3)4/h5-7,9,17H,8H2,1-4H3,(H,16,18)/t9-/m1/s1. The first kappa shape index (κ1) is 15.4. The Morgan fingerprint density at radius 1 is 1.47 bits per heavy atom. The lowest BCUT2D eigenvalue weighted by atomic mass is 10.1. The first-order chi connectivity index (χ1) is 8.69. The predicted octanol–water partition coefficient (Wildman–Crippen LogP) is 2.17. The van der Waals surface area contributed by atoms with Gasteiger partial charge in [-0.15, -0.1) is 0 Å². The van der Waals surface area contributed by atoms with Crippen molar-refractivity contribution in [2.75, 3.05) is 6.61 Å². The van der Waals surface area contributed by atoms with E-state index in [9.17, 15) is 14.3 Å². The molecule has 0 aliphatic rings. The molecule has 106 valence electrons. The minimum Gasteiger partial charge on any atom is -0.483 e. The molecule has 0 spiro atoms.